The zero-order valence-corrected chi connectivity index (χ0v) is 8.66. The molecule has 1 aromatic rings. The fourth-order valence-corrected chi connectivity index (χ4v) is 1.89. The van der Waals surface area contributed by atoms with Crippen molar-refractivity contribution in [1.82, 2.24) is 0 Å². The van der Waals surface area contributed by atoms with Crippen LogP contribution >= 0.6 is 11.8 Å². The molecule has 2 heteroatoms. The van der Waals surface area contributed by atoms with Crippen LogP contribution in [0.3, 0.4) is 0 Å². The minimum atomic E-state index is 0.907. The van der Waals surface area contributed by atoms with Crippen LogP contribution in [0.15, 0.2) is 17.0 Å². The Morgan fingerprint density at radius 1 is 1.25 bits per heavy atom. The number of nitrogens with two attached hydrogens (primary N) is 1. The number of benzene rings is 1. The van der Waals surface area contributed by atoms with Gasteiger partial charge >= 0.3 is 0 Å². The summed E-state index contributed by atoms with van der Waals surface area (Å²) in [5.74, 6) is 1.08. The summed E-state index contributed by atoms with van der Waals surface area (Å²) < 4.78 is 0. The van der Waals surface area contributed by atoms with Crippen LogP contribution in [0.25, 0.3) is 0 Å². The predicted molar refractivity (Wildman–Crippen MR) is 56.7 cm³/mol. The van der Waals surface area contributed by atoms with Gasteiger partial charge < -0.3 is 5.73 Å². The van der Waals surface area contributed by atoms with Gasteiger partial charge in [0.15, 0.2) is 0 Å². The third-order valence-electron chi connectivity index (χ3n) is 1.93. The van der Waals surface area contributed by atoms with Crippen molar-refractivity contribution in [2.45, 2.75) is 25.7 Å². The predicted octanol–water partition coefficient (Wildman–Crippen LogP) is 3.00. The molecule has 0 aliphatic heterocycles. The third kappa shape index (κ3) is 1.95. The molecule has 1 rings (SSSR count). The van der Waals surface area contributed by atoms with E-state index < -0.39 is 0 Å². The highest BCUT2D eigenvalue weighted by Crippen LogP contribution is 2.27. The first-order chi connectivity index (χ1) is 5.65. The van der Waals surface area contributed by atoms with Gasteiger partial charge in [0.05, 0.1) is 0 Å². The summed E-state index contributed by atoms with van der Waals surface area (Å²) >= 11 is 1.80. The second-order valence-corrected chi connectivity index (χ2v) is 4.21. The van der Waals surface area contributed by atoms with Gasteiger partial charge in [-0.15, -0.1) is 11.8 Å². The van der Waals surface area contributed by atoms with Crippen molar-refractivity contribution in [1.29, 1.82) is 0 Å². The number of nitrogen functional groups attached to an aromatic ring is 1. The second kappa shape index (κ2) is 3.85. The molecule has 0 bridgehead atoms. The summed E-state index contributed by atoms with van der Waals surface area (Å²) in [6.07, 6.45) is 0. The van der Waals surface area contributed by atoms with Crippen molar-refractivity contribution in [2.24, 2.45) is 0 Å². The monoisotopic (exact) mass is 181 g/mol. The molecule has 0 atom stereocenters. The fraction of sp³-hybridized carbons (Fsp3) is 0.400. The Morgan fingerprint density at radius 2 is 1.83 bits per heavy atom. The van der Waals surface area contributed by atoms with Gasteiger partial charge in [-0.1, -0.05) is 6.92 Å². The minimum Gasteiger partial charge on any atom is -0.398 e. The van der Waals surface area contributed by atoms with Crippen LogP contribution in [-0.2, 0) is 0 Å². The van der Waals surface area contributed by atoms with E-state index in [4.69, 9.17) is 5.73 Å². The average molecular weight is 181 g/mol. The van der Waals surface area contributed by atoms with Crippen LogP contribution in [0.5, 0.6) is 0 Å². The summed E-state index contributed by atoms with van der Waals surface area (Å²) in [6.45, 7) is 6.35. The molecule has 0 spiro atoms. The van der Waals surface area contributed by atoms with Crippen molar-refractivity contribution < 1.29 is 0 Å². The lowest BCUT2D eigenvalue weighted by Gasteiger charge is -2.07. The first kappa shape index (κ1) is 9.46. The molecule has 0 radical (unpaired) electrons. The maximum Gasteiger partial charge on any atom is 0.0455 e. The molecule has 0 heterocycles. The molecule has 0 saturated heterocycles. The standard InChI is InChI=1S/C10H15NS/c1-4-12-10-6-8(3)7(2)5-9(10)11/h5-6H,4,11H2,1-3H3. The molecular formula is C10H15NS. The van der Waals surface area contributed by atoms with Crippen molar-refractivity contribution in [2.75, 3.05) is 11.5 Å². The number of thioether (sulfide) groups is 1. The van der Waals surface area contributed by atoms with E-state index in [-0.39, 0.29) is 0 Å². The molecule has 1 nitrogen and oxygen atoms in total. The smallest absolute Gasteiger partial charge is 0.0455 e. The zero-order chi connectivity index (χ0) is 9.14. The normalized spacial score (nSPS) is 10.2. The van der Waals surface area contributed by atoms with Gasteiger partial charge in [-0.3, -0.25) is 0 Å². The van der Waals surface area contributed by atoms with Crippen molar-refractivity contribution in [3.8, 4) is 0 Å². The largest absolute Gasteiger partial charge is 0.398 e. The summed E-state index contributed by atoms with van der Waals surface area (Å²) in [5.41, 5.74) is 9.35. The van der Waals surface area contributed by atoms with Crippen LogP contribution in [0, 0.1) is 13.8 Å². The molecule has 0 aromatic heterocycles. The first-order valence-corrected chi connectivity index (χ1v) is 5.13. The SMILES string of the molecule is CCSc1cc(C)c(C)cc1N. The molecule has 1 aromatic carbocycles. The van der Waals surface area contributed by atoms with E-state index in [1.54, 1.807) is 11.8 Å². The first-order valence-electron chi connectivity index (χ1n) is 4.14. The molecule has 0 saturated carbocycles. The second-order valence-electron chi connectivity index (χ2n) is 2.91. The molecule has 66 valence electrons. The molecule has 0 fully saturated rings. The van der Waals surface area contributed by atoms with Gasteiger partial charge in [0, 0.05) is 10.6 Å². The van der Waals surface area contributed by atoms with E-state index in [9.17, 15) is 0 Å². The maximum atomic E-state index is 5.86. The molecule has 0 amide bonds. The third-order valence-corrected chi connectivity index (χ3v) is 2.88. The molecule has 0 aliphatic carbocycles. The summed E-state index contributed by atoms with van der Waals surface area (Å²) in [6, 6.07) is 4.21. The van der Waals surface area contributed by atoms with E-state index in [1.165, 1.54) is 16.0 Å². The zero-order valence-electron chi connectivity index (χ0n) is 7.85. The van der Waals surface area contributed by atoms with Crippen LogP contribution < -0.4 is 5.73 Å². The molecular weight excluding hydrogens is 166 g/mol. The number of rotatable bonds is 2. The van der Waals surface area contributed by atoms with Crippen LogP contribution in [0.4, 0.5) is 5.69 Å². The van der Waals surface area contributed by atoms with Crippen molar-refractivity contribution >= 4 is 17.4 Å². The van der Waals surface area contributed by atoms with Gasteiger partial charge in [0.25, 0.3) is 0 Å². The van der Waals surface area contributed by atoms with Crippen molar-refractivity contribution in [3.05, 3.63) is 23.3 Å². The van der Waals surface area contributed by atoms with Crippen LogP contribution in [-0.4, -0.2) is 5.75 Å². The summed E-state index contributed by atoms with van der Waals surface area (Å²) in [7, 11) is 0. The highest BCUT2D eigenvalue weighted by atomic mass is 32.2. The number of hydrogen-bond donors (Lipinski definition) is 1. The fourth-order valence-electron chi connectivity index (χ4n) is 1.09. The molecule has 0 unspecified atom stereocenters. The quantitative estimate of drug-likeness (QED) is 0.560. The molecule has 12 heavy (non-hydrogen) atoms. The van der Waals surface area contributed by atoms with Gasteiger partial charge in [-0.2, -0.15) is 0 Å². The lowest BCUT2D eigenvalue weighted by atomic mass is 10.1. The Bertz CT molecular complexity index is 281. The Hall–Kier alpha value is -0.630. The minimum absolute atomic E-state index is 0.907. The van der Waals surface area contributed by atoms with E-state index in [2.05, 4.69) is 26.8 Å². The Morgan fingerprint density at radius 3 is 2.42 bits per heavy atom. The van der Waals surface area contributed by atoms with E-state index in [1.807, 2.05) is 6.07 Å². The van der Waals surface area contributed by atoms with Crippen LogP contribution in [0.2, 0.25) is 0 Å². The van der Waals surface area contributed by atoms with Gasteiger partial charge in [0.1, 0.15) is 0 Å². The summed E-state index contributed by atoms with van der Waals surface area (Å²) in [4.78, 5) is 1.21. The van der Waals surface area contributed by atoms with E-state index >= 15 is 0 Å². The van der Waals surface area contributed by atoms with Gasteiger partial charge in [-0.05, 0) is 42.9 Å². The van der Waals surface area contributed by atoms with E-state index in [0.717, 1.165) is 11.4 Å². The van der Waals surface area contributed by atoms with Gasteiger partial charge in [0.2, 0.25) is 0 Å². The Kier molecular flexibility index (Phi) is 3.04. The highest BCUT2D eigenvalue weighted by molar-refractivity contribution is 7.99. The van der Waals surface area contributed by atoms with Gasteiger partial charge in [-0.25, -0.2) is 0 Å². The lowest BCUT2D eigenvalue weighted by Crippen LogP contribution is -1.92. The maximum absolute atomic E-state index is 5.86. The van der Waals surface area contributed by atoms with Crippen molar-refractivity contribution in [3.63, 3.8) is 0 Å². The number of hydrogen-bond acceptors (Lipinski definition) is 2. The highest BCUT2D eigenvalue weighted by Gasteiger charge is 2.01. The van der Waals surface area contributed by atoms with E-state index in [0.29, 0.717) is 0 Å². The molecule has 0 aliphatic rings. The average Bonchev–Trinajstić information content (AvgIpc) is 2.01. The number of anilines is 1. The van der Waals surface area contributed by atoms with Crippen LogP contribution in [0.1, 0.15) is 18.1 Å². The molecule has 2 N–H and O–H groups in total. The Balaban J connectivity index is 3.05. The summed E-state index contributed by atoms with van der Waals surface area (Å²) in [5, 5.41) is 0. The lowest BCUT2D eigenvalue weighted by molar-refractivity contribution is 1.28. The number of aryl methyl sites for hydroxylation is 2. The topological polar surface area (TPSA) is 26.0 Å². The Labute approximate surface area is 78.4 Å².